The summed E-state index contributed by atoms with van der Waals surface area (Å²) < 4.78 is 18.2. The summed E-state index contributed by atoms with van der Waals surface area (Å²) >= 11 is 0. The van der Waals surface area contributed by atoms with Crippen molar-refractivity contribution in [1.29, 1.82) is 0 Å². The minimum absolute atomic E-state index is 0.0514. The molecule has 0 unspecified atom stereocenters. The lowest BCUT2D eigenvalue weighted by atomic mass is 9.96. The van der Waals surface area contributed by atoms with Crippen LogP contribution in [0.15, 0.2) is 48.7 Å². The standard InChI is InChI=1S/C20H24FN3O2/c21-17-4-6-19(7-5-17)26-15-20(25)23-13-16-8-11-24(12-9-16)14-18-3-1-2-10-22-18/h1-7,10,16H,8-9,11-15H2,(H,23,25). The van der Waals surface area contributed by atoms with Crippen molar-refractivity contribution in [3.63, 3.8) is 0 Å². The molecule has 0 atom stereocenters. The summed E-state index contributed by atoms with van der Waals surface area (Å²) in [4.78, 5) is 18.7. The van der Waals surface area contributed by atoms with Crippen LogP contribution in [0.2, 0.25) is 0 Å². The van der Waals surface area contributed by atoms with Crippen molar-refractivity contribution in [3.8, 4) is 5.75 Å². The van der Waals surface area contributed by atoms with Gasteiger partial charge in [0.15, 0.2) is 6.61 Å². The average Bonchev–Trinajstić information content (AvgIpc) is 2.68. The second-order valence-electron chi connectivity index (χ2n) is 6.59. The number of hydrogen-bond acceptors (Lipinski definition) is 4. The van der Waals surface area contributed by atoms with Gasteiger partial charge in [-0.15, -0.1) is 0 Å². The number of pyridine rings is 1. The predicted molar refractivity (Wildman–Crippen MR) is 97.1 cm³/mol. The van der Waals surface area contributed by atoms with Gasteiger partial charge in [-0.3, -0.25) is 14.7 Å². The van der Waals surface area contributed by atoms with Gasteiger partial charge in [0.25, 0.3) is 5.91 Å². The van der Waals surface area contributed by atoms with Crippen molar-refractivity contribution in [2.75, 3.05) is 26.2 Å². The monoisotopic (exact) mass is 357 g/mol. The second kappa shape index (κ2) is 9.29. The number of nitrogens with one attached hydrogen (secondary N) is 1. The van der Waals surface area contributed by atoms with E-state index < -0.39 is 0 Å². The molecule has 0 saturated carbocycles. The van der Waals surface area contributed by atoms with Crippen LogP contribution in [0, 0.1) is 11.7 Å². The molecule has 1 saturated heterocycles. The first-order valence-electron chi connectivity index (χ1n) is 8.96. The topological polar surface area (TPSA) is 54.5 Å². The van der Waals surface area contributed by atoms with E-state index in [1.54, 1.807) is 0 Å². The zero-order valence-corrected chi connectivity index (χ0v) is 14.7. The molecule has 3 rings (SSSR count). The summed E-state index contributed by atoms with van der Waals surface area (Å²) in [7, 11) is 0. The van der Waals surface area contributed by atoms with Gasteiger partial charge in [-0.2, -0.15) is 0 Å². The SMILES string of the molecule is O=C(COc1ccc(F)cc1)NCC1CCN(Cc2ccccn2)CC1. The van der Waals surface area contributed by atoms with Gasteiger partial charge in [0.1, 0.15) is 11.6 Å². The van der Waals surface area contributed by atoms with Crippen LogP contribution in [0.25, 0.3) is 0 Å². The Morgan fingerprint density at radius 2 is 1.96 bits per heavy atom. The minimum atomic E-state index is -0.323. The van der Waals surface area contributed by atoms with E-state index in [0.29, 0.717) is 18.2 Å². The normalized spacial score (nSPS) is 15.6. The number of aromatic nitrogens is 1. The molecule has 1 N–H and O–H groups in total. The third-order valence-corrected chi connectivity index (χ3v) is 4.59. The molecular formula is C20H24FN3O2. The van der Waals surface area contributed by atoms with E-state index in [4.69, 9.17) is 4.74 Å². The number of hydrogen-bond donors (Lipinski definition) is 1. The summed E-state index contributed by atoms with van der Waals surface area (Å²) in [5, 5.41) is 2.93. The molecule has 1 fully saturated rings. The Balaban J connectivity index is 1.32. The van der Waals surface area contributed by atoms with E-state index in [1.165, 1.54) is 24.3 Å². The molecule has 2 aromatic rings. The third kappa shape index (κ3) is 5.81. The highest BCUT2D eigenvalue weighted by Gasteiger charge is 2.20. The Morgan fingerprint density at radius 3 is 2.65 bits per heavy atom. The number of likely N-dealkylation sites (tertiary alicyclic amines) is 1. The molecule has 1 aromatic heterocycles. The zero-order valence-electron chi connectivity index (χ0n) is 14.7. The lowest BCUT2D eigenvalue weighted by molar-refractivity contribution is -0.123. The van der Waals surface area contributed by atoms with E-state index in [1.807, 2.05) is 24.4 Å². The molecule has 5 nitrogen and oxygen atoms in total. The van der Waals surface area contributed by atoms with Crippen LogP contribution in [-0.2, 0) is 11.3 Å². The van der Waals surface area contributed by atoms with Gasteiger partial charge in [-0.05, 0) is 68.2 Å². The lowest BCUT2D eigenvalue weighted by Gasteiger charge is -2.31. The molecule has 138 valence electrons. The fourth-order valence-corrected chi connectivity index (χ4v) is 3.06. The maximum Gasteiger partial charge on any atom is 0.257 e. The highest BCUT2D eigenvalue weighted by Crippen LogP contribution is 2.18. The predicted octanol–water partition coefficient (Wildman–Crippen LogP) is 2.63. The van der Waals surface area contributed by atoms with Crippen LogP contribution >= 0.6 is 0 Å². The first-order chi connectivity index (χ1) is 12.7. The number of rotatable bonds is 7. The number of piperidine rings is 1. The molecule has 26 heavy (non-hydrogen) atoms. The van der Waals surface area contributed by atoms with Crippen LogP contribution in [-0.4, -0.2) is 42.0 Å². The van der Waals surface area contributed by atoms with Crippen LogP contribution in [0.4, 0.5) is 4.39 Å². The number of carbonyl (C=O) groups is 1. The Kier molecular flexibility index (Phi) is 6.55. The Bertz CT molecular complexity index is 686. The maximum atomic E-state index is 12.8. The third-order valence-electron chi connectivity index (χ3n) is 4.59. The van der Waals surface area contributed by atoms with Crippen LogP contribution in [0.3, 0.4) is 0 Å². The Morgan fingerprint density at radius 1 is 1.19 bits per heavy atom. The number of ether oxygens (including phenoxy) is 1. The van der Waals surface area contributed by atoms with Crippen molar-refractivity contribution in [3.05, 3.63) is 60.2 Å². The van der Waals surface area contributed by atoms with Crippen molar-refractivity contribution < 1.29 is 13.9 Å². The molecule has 0 aliphatic carbocycles. The molecule has 2 heterocycles. The van der Waals surface area contributed by atoms with Crippen molar-refractivity contribution in [1.82, 2.24) is 15.2 Å². The van der Waals surface area contributed by atoms with Gasteiger partial charge < -0.3 is 10.1 Å². The van der Waals surface area contributed by atoms with Gasteiger partial charge in [0, 0.05) is 19.3 Å². The first kappa shape index (κ1) is 18.3. The lowest BCUT2D eigenvalue weighted by Crippen LogP contribution is -2.39. The van der Waals surface area contributed by atoms with Gasteiger partial charge in [0.05, 0.1) is 5.69 Å². The summed E-state index contributed by atoms with van der Waals surface area (Å²) in [6.07, 6.45) is 3.95. The highest BCUT2D eigenvalue weighted by atomic mass is 19.1. The van der Waals surface area contributed by atoms with E-state index in [2.05, 4.69) is 15.2 Å². The van der Waals surface area contributed by atoms with Gasteiger partial charge in [-0.25, -0.2) is 4.39 Å². The van der Waals surface area contributed by atoms with E-state index in [0.717, 1.165) is 38.2 Å². The molecule has 1 aromatic carbocycles. The van der Waals surface area contributed by atoms with Gasteiger partial charge >= 0.3 is 0 Å². The molecule has 1 amide bonds. The maximum absolute atomic E-state index is 12.8. The highest BCUT2D eigenvalue weighted by molar-refractivity contribution is 5.77. The smallest absolute Gasteiger partial charge is 0.257 e. The summed E-state index contributed by atoms with van der Waals surface area (Å²) in [5.41, 5.74) is 1.09. The van der Waals surface area contributed by atoms with Gasteiger partial charge in [-0.1, -0.05) is 6.07 Å². The molecule has 1 aliphatic rings. The van der Waals surface area contributed by atoms with E-state index >= 15 is 0 Å². The van der Waals surface area contributed by atoms with Crippen LogP contribution in [0.5, 0.6) is 5.75 Å². The second-order valence-corrected chi connectivity index (χ2v) is 6.59. The summed E-state index contributed by atoms with van der Waals surface area (Å²) in [5.74, 6) is 0.510. The zero-order chi connectivity index (χ0) is 18.2. The Hall–Kier alpha value is -2.47. The molecule has 0 spiro atoms. The van der Waals surface area contributed by atoms with Crippen LogP contribution in [0.1, 0.15) is 18.5 Å². The fraction of sp³-hybridized carbons (Fsp3) is 0.400. The fourth-order valence-electron chi connectivity index (χ4n) is 3.06. The summed E-state index contributed by atoms with van der Waals surface area (Å²) in [6, 6.07) is 11.6. The molecule has 0 radical (unpaired) electrons. The van der Waals surface area contributed by atoms with Crippen LogP contribution < -0.4 is 10.1 Å². The minimum Gasteiger partial charge on any atom is -0.484 e. The number of halogens is 1. The first-order valence-corrected chi connectivity index (χ1v) is 8.96. The summed E-state index contributed by atoms with van der Waals surface area (Å²) in [6.45, 7) is 3.53. The number of nitrogens with zero attached hydrogens (tertiary/aromatic N) is 2. The average molecular weight is 357 g/mol. The molecule has 1 aliphatic heterocycles. The van der Waals surface area contributed by atoms with Gasteiger partial charge in [0.2, 0.25) is 0 Å². The largest absolute Gasteiger partial charge is 0.484 e. The molecule has 0 bridgehead atoms. The van der Waals surface area contributed by atoms with Crippen molar-refractivity contribution in [2.24, 2.45) is 5.92 Å². The van der Waals surface area contributed by atoms with Crippen molar-refractivity contribution in [2.45, 2.75) is 19.4 Å². The van der Waals surface area contributed by atoms with E-state index in [-0.39, 0.29) is 18.3 Å². The van der Waals surface area contributed by atoms with E-state index in [9.17, 15) is 9.18 Å². The number of amides is 1. The quantitative estimate of drug-likeness (QED) is 0.828. The molecular weight excluding hydrogens is 333 g/mol. The molecule has 6 heteroatoms. The number of carbonyl (C=O) groups excluding carboxylic acids is 1. The van der Waals surface area contributed by atoms with Crippen molar-refractivity contribution >= 4 is 5.91 Å². The number of benzene rings is 1. The Labute approximate surface area is 153 Å².